The smallest absolute Gasteiger partial charge is 0.407 e. The second-order valence-corrected chi connectivity index (χ2v) is 8.25. The van der Waals surface area contributed by atoms with Crippen molar-refractivity contribution in [2.24, 2.45) is 11.3 Å². The number of carbonyl (C=O) groups is 1. The maximum absolute atomic E-state index is 11.6. The standard InChI is InChI=1S/C17H34N2O2/c1-16(2,3)13-9-7-8-10-14(13)18-11-12-19-15(20)21-17(4,5)6/h13-14,18H,7-12H2,1-6H3,(H,19,20). The summed E-state index contributed by atoms with van der Waals surface area (Å²) in [5.41, 5.74) is -0.0884. The Morgan fingerprint density at radius 1 is 1.05 bits per heavy atom. The molecule has 0 aromatic rings. The Morgan fingerprint density at radius 3 is 2.24 bits per heavy atom. The first-order valence-corrected chi connectivity index (χ1v) is 8.30. The van der Waals surface area contributed by atoms with E-state index in [1.165, 1.54) is 25.7 Å². The van der Waals surface area contributed by atoms with Crippen LogP contribution in [0.4, 0.5) is 4.79 Å². The number of nitrogens with one attached hydrogen (secondary N) is 2. The predicted octanol–water partition coefficient (Wildman–Crippen LogP) is 3.71. The Labute approximate surface area is 130 Å². The molecule has 1 aliphatic carbocycles. The van der Waals surface area contributed by atoms with E-state index in [0.717, 1.165) is 6.54 Å². The summed E-state index contributed by atoms with van der Waals surface area (Å²) < 4.78 is 5.23. The van der Waals surface area contributed by atoms with Crippen molar-refractivity contribution < 1.29 is 9.53 Å². The van der Waals surface area contributed by atoms with E-state index in [2.05, 4.69) is 31.4 Å². The second kappa shape index (κ2) is 7.48. The zero-order valence-electron chi connectivity index (χ0n) is 14.7. The number of rotatable bonds is 4. The van der Waals surface area contributed by atoms with Crippen LogP contribution in [0.3, 0.4) is 0 Å². The van der Waals surface area contributed by atoms with Crippen molar-refractivity contribution >= 4 is 6.09 Å². The van der Waals surface area contributed by atoms with E-state index in [-0.39, 0.29) is 6.09 Å². The molecule has 124 valence electrons. The molecule has 0 aliphatic heterocycles. The molecule has 0 aromatic heterocycles. The van der Waals surface area contributed by atoms with Gasteiger partial charge in [-0.1, -0.05) is 33.6 Å². The molecule has 1 aliphatic rings. The average Bonchev–Trinajstić information content (AvgIpc) is 2.32. The van der Waals surface area contributed by atoms with Crippen molar-refractivity contribution in [2.75, 3.05) is 13.1 Å². The summed E-state index contributed by atoms with van der Waals surface area (Å²) in [5, 5.41) is 6.43. The second-order valence-electron chi connectivity index (χ2n) is 8.25. The quantitative estimate of drug-likeness (QED) is 0.778. The van der Waals surface area contributed by atoms with Gasteiger partial charge in [0.1, 0.15) is 5.60 Å². The number of ether oxygens (including phenoxy) is 1. The Hall–Kier alpha value is -0.770. The summed E-state index contributed by atoms with van der Waals surface area (Å²) >= 11 is 0. The van der Waals surface area contributed by atoms with Gasteiger partial charge >= 0.3 is 6.09 Å². The van der Waals surface area contributed by atoms with Crippen LogP contribution < -0.4 is 10.6 Å². The van der Waals surface area contributed by atoms with Gasteiger partial charge in [-0.25, -0.2) is 4.79 Å². The number of alkyl carbamates (subject to hydrolysis) is 1. The fourth-order valence-corrected chi connectivity index (χ4v) is 3.15. The first-order valence-electron chi connectivity index (χ1n) is 8.30. The molecule has 2 N–H and O–H groups in total. The zero-order chi connectivity index (χ0) is 16.1. The highest BCUT2D eigenvalue weighted by molar-refractivity contribution is 5.67. The van der Waals surface area contributed by atoms with Crippen LogP contribution in [0.25, 0.3) is 0 Å². The Balaban J connectivity index is 2.29. The zero-order valence-corrected chi connectivity index (χ0v) is 14.7. The topological polar surface area (TPSA) is 50.4 Å². The molecule has 4 heteroatoms. The van der Waals surface area contributed by atoms with Crippen molar-refractivity contribution in [3.05, 3.63) is 0 Å². The Kier molecular flexibility index (Phi) is 6.51. The normalized spacial score (nSPS) is 23.7. The van der Waals surface area contributed by atoms with Gasteiger partial charge in [0.05, 0.1) is 0 Å². The van der Waals surface area contributed by atoms with Crippen LogP contribution in [0, 0.1) is 11.3 Å². The molecule has 4 nitrogen and oxygen atoms in total. The number of hydrogen-bond acceptors (Lipinski definition) is 3. The van der Waals surface area contributed by atoms with Gasteiger partial charge in [-0.05, 0) is 44.9 Å². The van der Waals surface area contributed by atoms with Crippen molar-refractivity contribution in [1.29, 1.82) is 0 Å². The molecule has 1 fully saturated rings. The minimum Gasteiger partial charge on any atom is -0.444 e. The van der Waals surface area contributed by atoms with E-state index in [1.807, 2.05) is 20.8 Å². The van der Waals surface area contributed by atoms with Crippen LogP contribution in [0.5, 0.6) is 0 Å². The summed E-state index contributed by atoms with van der Waals surface area (Å²) in [4.78, 5) is 11.6. The molecule has 0 aromatic carbocycles. The lowest BCUT2D eigenvalue weighted by Gasteiger charge is -2.41. The first-order chi connectivity index (χ1) is 9.59. The van der Waals surface area contributed by atoms with Crippen LogP contribution in [-0.2, 0) is 4.74 Å². The minimum atomic E-state index is -0.432. The van der Waals surface area contributed by atoms with E-state index >= 15 is 0 Å². The van der Waals surface area contributed by atoms with Gasteiger partial charge in [-0.2, -0.15) is 0 Å². The summed E-state index contributed by atoms with van der Waals surface area (Å²) in [6, 6.07) is 0.569. The molecule has 1 amide bonds. The molecule has 2 atom stereocenters. The highest BCUT2D eigenvalue weighted by Gasteiger charge is 2.33. The molecular weight excluding hydrogens is 264 g/mol. The van der Waals surface area contributed by atoms with E-state index in [4.69, 9.17) is 4.74 Å². The van der Waals surface area contributed by atoms with Crippen LogP contribution >= 0.6 is 0 Å². The van der Waals surface area contributed by atoms with E-state index < -0.39 is 5.60 Å². The third-order valence-electron chi connectivity index (χ3n) is 4.08. The maximum Gasteiger partial charge on any atom is 0.407 e. The number of amides is 1. The van der Waals surface area contributed by atoms with Crippen LogP contribution in [0.1, 0.15) is 67.2 Å². The molecule has 21 heavy (non-hydrogen) atoms. The average molecular weight is 298 g/mol. The van der Waals surface area contributed by atoms with Gasteiger partial charge in [0.15, 0.2) is 0 Å². The van der Waals surface area contributed by atoms with Crippen molar-refractivity contribution in [2.45, 2.75) is 78.9 Å². The summed E-state index contributed by atoms with van der Waals surface area (Å²) in [6.07, 6.45) is 4.87. The van der Waals surface area contributed by atoms with Gasteiger partial charge in [0.2, 0.25) is 0 Å². The lowest BCUT2D eigenvalue weighted by molar-refractivity contribution is 0.0525. The van der Waals surface area contributed by atoms with Crippen molar-refractivity contribution in [1.82, 2.24) is 10.6 Å². The van der Waals surface area contributed by atoms with Crippen molar-refractivity contribution in [3.63, 3.8) is 0 Å². The molecule has 0 bridgehead atoms. The molecule has 0 spiro atoms. The lowest BCUT2D eigenvalue weighted by Crippen LogP contribution is -2.46. The van der Waals surface area contributed by atoms with Gasteiger partial charge in [0.25, 0.3) is 0 Å². The highest BCUT2D eigenvalue weighted by atomic mass is 16.6. The number of hydrogen-bond donors (Lipinski definition) is 2. The summed E-state index contributed by atoms with van der Waals surface area (Å²) in [5.74, 6) is 0.716. The fraction of sp³-hybridized carbons (Fsp3) is 0.941. The number of carbonyl (C=O) groups excluding carboxylic acids is 1. The molecule has 0 radical (unpaired) electrons. The van der Waals surface area contributed by atoms with Crippen LogP contribution in [0.15, 0.2) is 0 Å². The summed E-state index contributed by atoms with van der Waals surface area (Å²) in [6.45, 7) is 14.0. The van der Waals surface area contributed by atoms with Gasteiger partial charge in [0, 0.05) is 19.1 Å². The minimum absolute atomic E-state index is 0.333. The van der Waals surface area contributed by atoms with E-state index in [1.54, 1.807) is 0 Å². The third kappa shape index (κ3) is 7.16. The van der Waals surface area contributed by atoms with Crippen molar-refractivity contribution in [3.8, 4) is 0 Å². The van der Waals surface area contributed by atoms with Gasteiger partial charge < -0.3 is 15.4 Å². The predicted molar refractivity (Wildman–Crippen MR) is 87.4 cm³/mol. The Morgan fingerprint density at radius 2 is 1.67 bits per heavy atom. The fourth-order valence-electron chi connectivity index (χ4n) is 3.15. The molecule has 1 saturated carbocycles. The SMILES string of the molecule is CC(C)(C)OC(=O)NCCNC1CCCCC1C(C)(C)C. The van der Waals surface area contributed by atoms with Crippen LogP contribution in [0.2, 0.25) is 0 Å². The molecule has 1 rings (SSSR count). The Bertz CT molecular complexity index is 329. The third-order valence-corrected chi connectivity index (χ3v) is 4.08. The first kappa shape index (κ1) is 18.3. The monoisotopic (exact) mass is 298 g/mol. The molecule has 0 saturated heterocycles. The molecule has 0 heterocycles. The van der Waals surface area contributed by atoms with Gasteiger partial charge in [-0.3, -0.25) is 0 Å². The lowest BCUT2D eigenvalue weighted by atomic mass is 9.69. The highest BCUT2D eigenvalue weighted by Crippen LogP contribution is 2.37. The van der Waals surface area contributed by atoms with Crippen LogP contribution in [-0.4, -0.2) is 30.8 Å². The van der Waals surface area contributed by atoms with Gasteiger partial charge in [-0.15, -0.1) is 0 Å². The van der Waals surface area contributed by atoms with E-state index in [0.29, 0.717) is 23.9 Å². The molecular formula is C17H34N2O2. The molecule has 2 unspecified atom stereocenters. The summed E-state index contributed by atoms with van der Waals surface area (Å²) in [7, 11) is 0. The maximum atomic E-state index is 11.6. The van der Waals surface area contributed by atoms with E-state index in [9.17, 15) is 4.79 Å². The largest absolute Gasteiger partial charge is 0.444 e.